The van der Waals surface area contributed by atoms with E-state index < -0.39 is 0 Å². The monoisotopic (exact) mass is 492 g/mol. The Bertz CT molecular complexity index is 1380. The van der Waals surface area contributed by atoms with E-state index in [4.69, 9.17) is 26.1 Å². The number of nitrogens with one attached hydrogen (secondary N) is 3. The van der Waals surface area contributed by atoms with Crippen molar-refractivity contribution in [3.8, 4) is 17.0 Å². The van der Waals surface area contributed by atoms with E-state index in [1.807, 2.05) is 31.3 Å². The lowest BCUT2D eigenvalue weighted by atomic mass is 10.1. The number of halogens is 1. The molecule has 0 bridgehead atoms. The first-order valence-electron chi connectivity index (χ1n) is 11.2. The maximum absolute atomic E-state index is 12.9. The van der Waals surface area contributed by atoms with Crippen molar-refractivity contribution < 1.29 is 14.3 Å². The Hall–Kier alpha value is -3.82. The first kappa shape index (κ1) is 22.9. The number of ether oxygens (including phenoxy) is 2. The third kappa shape index (κ3) is 4.60. The molecule has 4 aromatic rings. The highest BCUT2D eigenvalue weighted by Crippen LogP contribution is 2.35. The number of rotatable bonds is 6. The number of hydrogen-bond acceptors (Lipinski definition) is 7. The van der Waals surface area contributed by atoms with Crippen molar-refractivity contribution in [2.75, 3.05) is 51.1 Å². The highest BCUT2D eigenvalue weighted by molar-refractivity contribution is 6.36. The SMILES string of the molecule is CNc1cccc(-c2nc(Nc3ccc(C(=O)N4CCOCC4)cc3OC)nc3[nH]cc(Cl)c23)c1. The molecule has 3 heterocycles. The molecule has 9 nitrogen and oxygen atoms in total. The van der Waals surface area contributed by atoms with Crippen LogP contribution in [0, 0.1) is 0 Å². The van der Waals surface area contributed by atoms with Crippen LogP contribution in [-0.4, -0.2) is 66.2 Å². The maximum Gasteiger partial charge on any atom is 0.254 e. The van der Waals surface area contributed by atoms with Gasteiger partial charge in [0.05, 0.1) is 42.1 Å². The molecule has 0 unspecified atom stereocenters. The van der Waals surface area contributed by atoms with Crippen LogP contribution in [-0.2, 0) is 4.74 Å². The fourth-order valence-corrected chi connectivity index (χ4v) is 4.31. The zero-order valence-electron chi connectivity index (χ0n) is 19.4. The summed E-state index contributed by atoms with van der Waals surface area (Å²) in [6, 6.07) is 13.2. The number of methoxy groups -OCH3 is 1. The Balaban J connectivity index is 1.50. The molecule has 0 saturated carbocycles. The number of hydrogen-bond donors (Lipinski definition) is 3. The van der Waals surface area contributed by atoms with Crippen molar-refractivity contribution in [2.45, 2.75) is 0 Å². The van der Waals surface area contributed by atoms with Gasteiger partial charge in [0.2, 0.25) is 5.95 Å². The van der Waals surface area contributed by atoms with Gasteiger partial charge in [0.25, 0.3) is 5.91 Å². The summed E-state index contributed by atoms with van der Waals surface area (Å²) in [7, 11) is 3.43. The molecule has 1 amide bonds. The van der Waals surface area contributed by atoms with Crippen molar-refractivity contribution in [3.63, 3.8) is 0 Å². The zero-order chi connectivity index (χ0) is 24.4. The Morgan fingerprint density at radius 2 is 2.00 bits per heavy atom. The number of anilines is 3. The summed E-state index contributed by atoms with van der Waals surface area (Å²) in [6.45, 7) is 2.24. The van der Waals surface area contributed by atoms with Crippen LogP contribution in [0.15, 0.2) is 48.7 Å². The molecular formula is C25H25ClN6O3. The molecule has 1 fully saturated rings. The normalized spacial score (nSPS) is 13.6. The standard InChI is InChI=1S/C25H25ClN6O3/c1-27-17-5-3-4-15(12-17)22-21-18(26)14-28-23(21)31-25(30-22)29-19-7-6-16(13-20(19)34-2)24(33)32-8-10-35-11-9-32/h3-7,12-14,27H,8-11H2,1-2H3,(H2,28,29,30,31). The summed E-state index contributed by atoms with van der Waals surface area (Å²) >= 11 is 6.46. The fraction of sp³-hybridized carbons (Fsp3) is 0.240. The van der Waals surface area contributed by atoms with Crippen molar-refractivity contribution in [3.05, 3.63) is 59.2 Å². The summed E-state index contributed by atoms with van der Waals surface area (Å²) in [4.78, 5) is 27.2. The van der Waals surface area contributed by atoms with E-state index in [0.717, 1.165) is 16.6 Å². The Morgan fingerprint density at radius 3 is 2.77 bits per heavy atom. The van der Waals surface area contributed by atoms with Crippen LogP contribution in [0.1, 0.15) is 10.4 Å². The molecule has 2 aromatic heterocycles. The molecule has 2 aromatic carbocycles. The molecule has 35 heavy (non-hydrogen) atoms. The topological polar surface area (TPSA) is 104 Å². The van der Waals surface area contributed by atoms with Crippen molar-refractivity contribution in [1.29, 1.82) is 0 Å². The molecular weight excluding hydrogens is 468 g/mol. The van der Waals surface area contributed by atoms with Gasteiger partial charge in [0.1, 0.15) is 11.4 Å². The second-order valence-corrected chi connectivity index (χ2v) is 8.44. The van der Waals surface area contributed by atoms with Gasteiger partial charge in [-0.15, -0.1) is 0 Å². The molecule has 1 aliphatic heterocycles. The van der Waals surface area contributed by atoms with Gasteiger partial charge < -0.3 is 30.0 Å². The molecule has 0 aliphatic carbocycles. The van der Waals surface area contributed by atoms with E-state index in [9.17, 15) is 4.79 Å². The molecule has 3 N–H and O–H groups in total. The zero-order valence-corrected chi connectivity index (χ0v) is 20.1. The Morgan fingerprint density at radius 1 is 1.17 bits per heavy atom. The summed E-state index contributed by atoms with van der Waals surface area (Å²) < 4.78 is 10.9. The van der Waals surface area contributed by atoms with Crippen LogP contribution in [0.3, 0.4) is 0 Å². The lowest BCUT2D eigenvalue weighted by Crippen LogP contribution is -2.40. The number of fused-ring (bicyclic) bond motifs is 1. The van der Waals surface area contributed by atoms with E-state index >= 15 is 0 Å². The van der Waals surface area contributed by atoms with Crippen molar-refractivity contribution in [2.24, 2.45) is 0 Å². The summed E-state index contributed by atoms with van der Waals surface area (Å²) in [5.74, 6) is 0.825. The summed E-state index contributed by atoms with van der Waals surface area (Å²) in [5.41, 5.74) is 4.34. The molecule has 180 valence electrons. The molecule has 10 heteroatoms. The number of aromatic amines is 1. The van der Waals surface area contributed by atoms with Crippen LogP contribution in [0.4, 0.5) is 17.3 Å². The van der Waals surface area contributed by atoms with E-state index in [1.54, 1.807) is 36.4 Å². The third-order valence-electron chi connectivity index (χ3n) is 5.90. The minimum absolute atomic E-state index is 0.0523. The smallest absolute Gasteiger partial charge is 0.254 e. The number of carbonyl (C=O) groups is 1. The van der Waals surface area contributed by atoms with Gasteiger partial charge >= 0.3 is 0 Å². The third-order valence-corrected chi connectivity index (χ3v) is 6.20. The average molecular weight is 493 g/mol. The Labute approximate surface area is 207 Å². The van der Waals surface area contributed by atoms with Crippen LogP contribution >= 0.6 is 11.6 Å². The number of benzene rings is 2. The molecule has 0 atom stereocenters. The Kier molecular flexibility index (Phi) is 6.43. The quantitative estimate of drug-likeness (QED) is 0.363. The number of nitrogens with zero attached hydrogens (tertiary/aromatic N) is 3. The lowest BCUT2D eigenvalue weighted by Gasteiger charge is -2.27. The van der Waals surface area contributed by atoms with E-state index in [-0.39, 0.29) is 5.91 Å². The average Bonchev–Trinajstić information content (AvgIpc) is 3.29. The summed E-state index contributed by atoms with van der Waals surface area (Å²) in [6.07, 6.45) is 1.70. The molecule has 0 radical (unpaired) electrons. The number of aromatic nitrogens is 3. The van der Waals surface area contributed by atoms with Gasteiger partial charge in [-0.2, -0.15) is 4.98 Å². The highest BCUT2D eigenvalue weighted by atomic mass is 35.5. The van der Waals surface area contributed by atoms with Crippen LogP contribution in [0.5, 0.6) is 5.75 Å². The number of H-pyrrole nitrogens is 1. The number of carbonyl (C=O) groups excluding carboxylic acids is 1. The van der Waals surface area contributed by atoms with Gasteiger partial charge in [0, 0.05) is 43.1 Å². The van der Waals surface area contributed by atoms with E-state index in [1.165, 1.54) is 0 Å². The van der Waals surface area contributed by atoms with Crippen molar-refractivity contribution in [1.82, 2.24) is 19.9 Å². The number of morpholine rings is 1. The minimum atomic E-state index is -0.0523. The molecule has 0 spiro atoms. The van der Waals surface area contributed by atoms with Gasteiger partial charge in [0.15, 0.2) is 0 Å². The predicted octanol–water partition coefficient (Wildman–Crippen LogP) is 4.54. The molecule has 1 saturated heterocycles. The second-order valence-electron chi connectivity index (χ2n) is 8.03. The van der Waals surface area contributed by atoms with Gasteiger partial charge in [-0.25, -0.2) is 4.98 Å². The maximum atomic E-state index is 12.9. The molecule has 5 rings (SSSR count). The first-order chi connectivity index (χ1) is 17.1. The van der Waals surface area contributed by atoms with Gasteiger partial charge in [-0.05, 0) is 30.3 Å². The minimum Gasteiger partial charge on any atom is -0.495 e. The second kappa shape index (κ2) is 9.81. The molecule has 1 aliphatic rings. The first-order valence-corrected chi connectivity index (χ1v) is 11.6. The van der Waals surface area contributed by atoms with E-state index in [2.05, 4.69) is 20.6 Å². The van der Waals surface area contributed by atoms with Crippen molar-refractivity contribution >= 4 is 45.9 Å². The van der Waals surface area contributed by atoms with Crippen LogP contribution < -0.4 is 15.4 Å². The van der Waals surface area contributed by atoms with Gasteiger partial charge in [-0.1, -0.05) is 23.7 Å². The predicted molar refractivity (Wildman–Crippen MR) is 137 cm³/mol. The van der Waals surface area contributed by atoms with Crippen LogP contribution in [0.2, 0.25) is 5.02 Å². The summed E-state index contributed by atoms with van der Waals surface area (Å²) in [5, 5.41) is 7.67. The number of amides is 1. The van der Waals surface area contributed by atoms with E-state index in [0.29, 0.717) is 65.6 Å². The van der Waals surface area contributed by atoms with Crippen LogP contribution in [0.25, 0.3) is 22.3 Å². The highest BCUT2D eigenvalue weighted by Gasteiger charge is 2.21. The van der Waals surface area contributed by atoms with Gasteiger partial charge in [-0.3, -0.25) is 4.79 Å². The largest absolute Gasteiger partial charge is 0.495 e. The fourth-order valence-electron chi connectivity index (χ4n) is 4.08. The lowest BCUT2D eigenvalue weighted by molar-refractivity contribution is 0.0302.